The molecule has 0 saturated carbocycles. The molecule has 0 aliphatic carbocycles. The quantitative estimate of drug-likeness (QED) is 0.0962. The maximum atomic E-state index is 13.3. The van der Waals surface area contributed by atoms with Gasteiger partial charge in [-0.1, -0.05) is 47.5 Å². The molecule has 4 N–H and O–H groups in total. The zero-order valence-electron chi connectivity index (χ0n) is 31.8. The number of ether oxygens (including phenoxy) is 1. The average Bonchev–Trinajstić information content (AvgIpc) is 3.16. The number of benzene rings is 4. The molecule has 0 fully saturated rings. The van der Waals surface area contributed by atoms with E-state index in [-0.39, 0.29) is 56.9 Å². The van der Waals surface area contributed by atoms with Crippen LogP contribution in [0.2, 0.25) is 10.0 Å². The summed E-state index contributed by atoms with van der Waals surface area (Å²) in [5, 5.41) is 5.87. The van der Waals surface area contributed by atoms with Crippen molar-refractivity contribution in [3.63, 3.8) is 0 Å². The normalized spacial score (nSPS) is 11.7. The molecule has 0 saturated heterocycles. The van der Waals surface area contributed by atoms with Gasteiger partial charge in [-0.25, -0.2) is 26.4 Å². The predicted octanol–water partition coefficient (Wildman–Crippen LogP) is 5.77. The molecule has 6 aromatic rings. The van der Waals surface area contributed by atoms with Crippen LogP contribution >= 0.6 is 23.2 Å². The molecule has 2 heterocycles. The van der Waals surface area contributed by atoms with Crippen molar-refractivity contribution in [3.05, 3.63) is 137 Å². The van der Waals surface area contributed by atoms with Crippen molar-refractivity contribution in [1.82, 2.24) is 10.6 Å². The van der Waals surface area contributed by atoms with Crippen LogP contribution in [-0.4, -0.2) is 54.3 Å². The largest absolute Gasteiger partial charge is 0.454 e. The van der Waals surface area contributed by atoms with Crippen LogP contribution in [0, 0.1) is 13.8 Å². The minimum absolute atomic E-state index is 0.0916. The van der Waals surface area contributed by atoms with Crippen molar-refractivity contribution in [3.8, 4) is 11.5 Å². The summed E-state index contributed by atoms with van der Waals surface area (Å²) in [5.74, 6) is -2.66. The van der Waals surface area contributed by atoms with Crippen molar-refractivity contribution in [2.45, 2.75) is 26.7 Å². The molecule has 0 aliphatic rings. The van der Waals surface area contributed by atoms with Gasteiger partial charge in [-0.3, -0.25) is 19.0 Å². The number of hydrogen-bond donors (Lipinski definition) is 4. The van der Waals surface area contributed by atoms with E-state index in [0.717, 1.165) is 0 Å². The van der Waals surface area contributed by atoms with Gasteiger partial charge in [-0.2, -0.15) is 0 Å². The molecule has 2 aromatic heterocycles. The van der Waals surface area contributed by atoms with Gasteiger partial charge in [0, 0.05) is 72.3 Å². The molecule has 308 valence electrons. The van der Waals surface area contributed by atoms with Gasteiger partial charge in [-0.15, -0.1) is 0 Å². The second kappa shape index (κ2) is 17.1. The second-order valence-electron chi connectivity index (χ2n) is 13.5. The Morgan fingerprint density at radius 3 is 1.39 bits per heavy atom. The number of hydrogen-bond acceptors (Lipinski definition) is 11. The Bertz CT molecular complexity index is 2820. The van der Waals surface area contributed by atoms with Crippen molar-refractivity contribution < 1.29 is 40.0 Å². The van der Waals surface area contributed by atoms with Gasteiger partial charge >= 0.3 is 11.3 Å². The molecule has 0 spiro atoms. The summed E-state index contributed by atoms with van der Waals surface area (Å²) < 4.78 is 71.8. The fourth-order valence-corrected chi connectivity index (χ4v) is 8.78. The van der Waals surface area contributed by atoms with Crippen molar-refractivity contribution in [1.29, 1.82) is 0 Å². The highest BCUT2D eigenvalue weighted by Gasteiger charge is 2.21. The first kappa shape index (κ1) is 42.7. The highest BCUT2D eigenvalue weighted by Crippen LogP contribution is 2.39. The molecule has 59 heavy (non-hydrogen) atoms. The Balaban J connectivity index is 1.24. The number of aryl methyl sites for hydroxylation is 2. The van der Waals surface area contributed by atoms with E-state index in [2.05, 4.69) is 20.1 Å². The number of sulfonamides is 2. The fourth-order valence-electron chi connectivity index (χ4n) is 6.28. The molecular weight excluding hydrogens is 847 g/mol. The van der Waals surface area contributed by atoms with Gasteiger partial charge in [0.25, 0.3) is 0 Å². The van der Waals surface area contributed by atoms with Crippen molar-refractivity contribution in [2.24, 2.45) is 0 Å². The van der Waals surface area contributed by atoms with Gasteiger partial charge in [0.05, 0.1) is 10.0 Å². The van der Waals surface area contributed by atoms with Crippen molar-refractivity contribution in [2.75, 3.05) is 35.0 Å². The number of carbonyl (C=O) groups is 2. The van der Waals surface area contributed by atoms with Gasteiger partial charge in [0.1, 0.15) is 34.2 Å². The summed E-state index contributed by atoms with van der Waals surface area (Å²) in [6.07, 6.45) is 0.191. The smallest absolute Gasteiger partial charge is 0.340 e. The molecule has 0 aliphatic heterocycles. The lowest BCUT2D eigenvalue weighted by Crippen LogP contribution is -2.30. The number of rotatable bonds is 14. The molecule has 15 nitrogen and oxygen atoms in total. The highest BCUT2D eigenvalue weighted by molar-refractivity contribution is 7.93. The standard InChI is InChI=1S/C40H36Cl2N4O11S2/c1-21-27-15-31(41)35(17-33(27)56-39(49)29(21)13-23-7-5-9-25(11-23)45-58(51,52)19-37(47)43-3)55-36-18-34-28(16-32(36)42)22(2)30(40(50)57-34)14-24-8-6-10-26(12-24)46-59(53,54)20-38(48)44-4/h5-12,15-18,45-46H,13-14,19-20H2,1-4H3,(H,43,47)(H,44,48). The Labute approximate surface area is 347 Å². The summed E-state index contributed by atoms with van der Waals surface area (Å²) in [7, 11) is -5.27. The highest BCUT2D eigenvalue weighted by atomic mass is 35.5. The van der Waals surface area contributed by atoms with Crippen LogP contribution in [-0.2, 0) is 42.5 Å². The fraction of sp³-hybridized carbons (Fsp3) is 0.200. The van der Waals surface area contributed by atoms with E-state index in [1.165, 1.54) is 38.4 Å². The van der Waals surface area contributed by atoms with Crippen LogP contribution in [0.1, 0.15) is 33.4 Å². The first-order valence-electron chi connectivity index (χ1n) is 17.6. The predicted molar refractivity (Wildman–Crippen MR) is 226 cm³/mol. The lowest BCUT2D eigenvalue weighted by atomic mass is 9.99. The summed E-state index contributed by atoms with van der Waals surface area (Å²) in [4.78, 5) is 49.8. The zero-order chi connectivity index (χ0) is 42.8. The lowest BCUT2D eigenvalue weighted by molar-refractivity contribution is -0.119. The summed E-state index contributed by atoms with van der Waals surface area (Å²) in [6.45, 7) is 3.46. The molecule has 19 heteroatoms. The third-order valence-corrected chi connectivity index (χ3v) is 12.2. The molecule has 0 unspecified atom stereocenters. The second-order valence-corrected chi connectivity index (χ2v) is 17.7. The monoisotopic (exact) mass is 882 g/mol. The van der Waals surface area contributed by atoms with Gasteiger partial charge < -0.3 is 24.2 Å². The molecule has 6 rings (SSSR count). The third-order valence-electron chi connectivity index (χ3n) is 9.26. The Morgan fingerprint density at radius 1 is 0.627 bits per heavy atom. The maximum absolute atomic E-state index is 13.3. The first-order valence-corrected chi connectivity index (χ1v) is 21.7. The SMILES string of the molecule is CNC(=O)CS(=O)(=O)Nc1cccc(Cc2c(C)c3cc(Cl)c(Oc4cc5oc(=O)c(Cc6cccc(NS(=O)(=O)CC(=O)NC)c6)c(C)c5cc4Cl)cc3oc2=O)c1. The number of anilines is 2. The molecule has 2 amide bonds. The van der Waals surface area contributed by atoms with E-state index in [1.807, 2.05) is 0 Å². The van der Waals surface area contributed by atoms with E-state index in [9.17, 15) is 36.0 Å². The Morgan fingerprint density at radius 2 is 1.02 bits per heavy atom. The first-order chi connectivity index (χ1) is 27.8. The maximum Gasteiger partial charge on any atom is 0.340 e. The van der Waals surface area contributed by atoms with Crippen LogP contribution in [0.4, 0.5) is 11.4 Å². The van der Waals surface area contributed by atoms with Crippen LogP contribution in [0.3, 0.4) is 0 Å². The van der Waals surface area contributed by atoms with E-state index in [1.54, 1.807) is 62.4 Å². The van der Waals surface area contributed by atoms with Crippen LogP contribution in [0.25, 0.3) is 21.9 Å². The molecule has 0 bridgehead atoms. The number of carbonyl (C=O) groups excluding carboxylic acids is 2. The number of amides is 2. The van der Waals surface area contributed by atoms with E-state index < -0.39 is 54.6 Å². The lowest BCUT2D eigenvalue weighted by Gasteiger charge is -2.14. The molecule has 0 radical (unpaired) electrons. The third kappa shape index (κ3) is 10.1. The number of nitrogens with one attached hydrogen (secondary N) is 4. The van der Waals surface area contributed by atoms with Gasteiger partial charge in [0.15, 0.2) is 0 Å². The minimum Gasteiger partial charge on any atom is -0.454 e. The Kier molecular flexibility index (Phi) is 12.4. The molecular formula is C40H36Cl2N4O11S2. The zero-order valence-corrected chi connectivity index (χ0v) is 35.0. The molecule has 0 atom stereocenters. The summed E-state index contributed by atoms with van der Waals surface area (Å²) >= 11 is 13.4. The van der Waals surface area contributed by atoms with Crippen LogP contribution < -0.4 is 36.1 Å². The van der Waals surface area contributed by atoms with Crippen LogP contribution in [0.15, 0.2) is 91.2 Å². The molecule has 4 aromatic carbocycles. The summed E-state index contributed by atoms with van der Waals surface area (Å²) in [5.41, 5.74) is 2.44. The number of fused-ring (bicyclic) bond motifs is 2. The van der Waals surface area contributed by atoms with E-state index in [0.29, 0.717) is 44.2 Å². The topological polar surface area (TPSA) is 220 Å². The van der Waals surface area contributed by atoms with Crippen LogP contribution in [0.5, 0.6) is 11.5 Å². The van der Waals surface area contributed by atoms with Gasteiger partial charge in [0.2, 0.25) is 31.9 Å². The number of halogens is 2. The Hall–Kier alpha value is -5.88. The average molecular weight is 884 g/mol. The minimum atomic E-state index is -3.97. The van der Waals surface area contributed by atoms with Crippen molar-refractivity contribution >= 4 is 88.4 Å². The van der Waals surface area contributed by atoms with E-state index in [4.69, 9.17) is 36.8 Å². The van der Waals surface area contributed by atoms with E-state index >= 15 is 0 Å². The summed E-state index contributed by atoms with van der Waals surface area (Å²) in [6, 6.07) is 18.8. The van der Waals surface area contributed by atoms with Gasteiger partial charge in [-0.05, 0) is 72.5 Å².